The molecule has 5 heteroatoms. The van der Waals surface area contributed by atoms with E-state index in [1.54, 1.807) is 12.1 Å². The molecular weight excluding hydrogens is 316 g/mol. The highest BCUT2D eigenvalue weighted by Crippen LogP contribution is 2.44. The van der Waals surface area contributed by atoms with Gasteiger partial charge in [-0.1, -0.05) is 47.9 Å². The Balaban J connectivity index is 1.73. The molecule has 130 valence electrons. The van der Waals surface area contributed by atoms with Gasteiger partial charge in [0.05, 0.1) is 10.3 Å². The number of hydrogen-bond acceptors (Lipinski definition) is 3. The number of nitrogens with zero attached hydrogens (tertiary/aromatic N) is 1. The zero-order chi connectivity index (χ0) is 18.0. The van der Waals surface area contributed by atoms with Crippen molar-refractivity contribution in [2.45, 2.75) is 45.1 Å². The van der Waals surface area contributed by atoms with Crippen LogP contribution in [-0.4, -0.2) is 10.8 Å². The molecule has 0 heterocycles. The number of nitrogens with one attached hydrogen (secondary N) is 1. The van der Waals surface area contributed by atoms with Crippen molar-refractivity contribution in [3.05, 3.63) is 74.8 Å². The Morgan fingerprint density at radius 1 is 1.12 bits per heavy atom. The number of non-ortho nitro benzene ring substituents is 1. The van der Waals surface area contributed by atoms with Crippen LogP contribution in [0.2, 0.25) is 0 Å². The average Bonchev–Trinajstić information content (AvgIpc) is 2.51. The molecule has 1 aliphatic carbocycles. The molecule has 0 aromatic heterocycles. The highest BCUT2D eigenvalue weighted by Gasteiger charge is 2.45. The van der Waals surface area contributed by atoms with Crippen molar-refractivity contribution in [3.8, 4) is 0 Å². The lowest BCUT2D eigenvalue weighted by atomic mass is 9.63. The van der Waals surface area contributed by atoms with Gasteiger partial charge in [-0.15, -0.1) is 0 Å². The van der Waals surface area contributed by atoms with Crippen LogP contribution in [0.5, 0.6) is 0 Å². The smallest absolute Gasteiger partial charge is 0.269 e. The molecular formula is C20H22N2O3. The Morgan fingerprint density at radius 3 is 2.20 bits per heavy atom. The van der Waals surface area contributed by atoms with Gasteiger partial charge in [0.2, 0.25) is 5.91 Å². The fourth-order valence-electron chi connectivity index (χ4n) is 3.52. The number of carbonyl (C=O) groups is 1. The topological polar surface area (TPSA) is 72.2 Å². The van der Waals surface area contributed by atoms with Crippen LogP contribution in [0.15, 0.2) is 42.5 Å². The van der Waals surface area contributed by atoms with Gasteiger partial charge in [0.1, 0.15) is 0 Å². The van der Waals surface area contributed by atoms with E-state index in [4.69, 9.17) is 0 Å². The maximum absolute atomic E-state index is 12.9. The van der Waals surface area contributed by atoms with Crippen LogP contribution < -0.4 is 5.32 Å². The molecule has 0 aliphatic heterocycles. The van der Waals surface area contributed by atoms with Gasteiger partial charge in [0.25, 0.3) is 5.69 Å². The zero-order valence-corrected chi connectivity index (χ0v) is 14.5. The summed E-state index contributed by atoms with van der Waals surface area (Å²) in [5, 5.41) is 13.7. The molecule has 0 radical (unpaired) electrons. The lowest BCUT2D eigenvalue weighted by molar-refractivity contribution is -0.384. The summed E-state index contributed by atoms with van der Waals surface area (Å²) in [5.41, 5.74) is 3.92. The van der Waals surface area contributed by atoms with E-state index >= 15 is 0 Å². The van der Waals surface area contributed by atoms with E-state index in [-0.39, 0.29) is 11.6 Å². The van der Waals surface area contributed by atoms with E-state index in [2.05, 4.69) is 37.4 Å². The minimum Gasteiger partial charge on any atom is -0.351 e. The van der Waals surface area contributed by atoms with Crippen molar-refractivity contribution >= 4 is 11.6 Å². The first kappa shape index (κ1) is 17.1. The Bertz CT molecular complexity index is 788. The highest BCUT2D eigenvalue weighted by atomic mass is 16.6. The summed E-state index contributed by atoms with van der Waals surface area (Å²) in [7, 11) is 0. The number of benzene rings is 2. The third-order valence-electron chi connectivity index (χ3n) is 5.02. The van der Waals surface area contributed by atoms with Gasteiger partial charge in [0.15, 0.2) is 0 Å². The monoisotopic (exact) mass is 338 g/mol. The van der Waals surface area contributed by atoms with Crippen LogP contribution in [-0.2, 0) is 16.8 Å². The Morgan fingerprint density at radius 2 is 1.72 bits per heavy atom. The summed E-state index contributed by atoms with van der Waals surface area (Å²) in [4.78, 5) is 23.2. The average molecular weight is 338 g/mol. The minimum absolute atomic E-state index is 0.0436. The van der Waals surface area contributed by atoms with Gasteiger partial charge in [-0.05, 0) is 37.8 Å². The lowest BCUT2D eigenvalue weighted by Gasteiger charge is -2.41. The second-order valence-corrected chi connectivity index (χ2v) is 6.92. The molecule has 1 aliphatic rings. The van der Waals surface area contributed by atoms with Crippen molar-refractivity contribution in [2.24, 2.45) is 0 Å². The quantitative estimate of drug-likeness (QED) is 0.663. The minimum atomic E-state index is -0.433. The maximum atomic E-state index is 12.9. The first-order valence-corrected chi connectivity index (χ1v) is 8.51. The van der Waals surface area contributed by atoms with Gasteiger partial charge in [-0.3, -0.25) is 14.9 Å². The Hall–Kier alpha value is -2.69. The van der Waals surface area contributed by atoms with Crippen LogP contribution in [0.25, 0.3) is 0 Å². The fourth-order valence-corrected chi connectivity index (χ4v) is 3.52. The third-order valence-corrected chi connectivity index (χ3v) is 5.02. The van der Waals surface area contributed by atoms with Gasteiger partial charge < -0.3 is 5.32 Å². The second-order valence-electron chi connectivity index (χ2n) is 6.92. The van der Waals surface area contributed by atoms with E-state index in [0.29, 0.717) is 6.54 Å². The van der Waals surface area contributed by atoms with Gasteiger partial charge in [0, 0.05) is 18.7 Å². The maximum Gasteiger partial charge on any atom is 0.269 e. The number of carbonyl (C=O) groups excluding carboxylic acids is 1. The molecule has 2 aromatic carbocycles. The first-order chi connectivity index (χ1) is 11.9. The summed E-state index contributed by atoms with van der Waals surface area (Å²) in [5.74, 6) is 0.0436. The highest BCUT2D eigenvalue weighted by molar-refractivity contribution is 5.89. The predicted molar refractivity (Wildman–Crippen MR) is 96.4 cm³/mol. The summed E-state index contributed by atoms with van der Waals surface area (Å²) < 4.78 is 0. The van der Waals surface area contributed by atoms with Crippen molar-refractivity contribution in [3.63, 3.8) is 0 Å². The fraction of sp³-hybridized carbons (Fsp3) is 0.350. The molecule has 0 unspecified atom stereocenters. The number of amides is 1. The molecule has 5 nitrogen and oxygen atoms in total. The van der Waals surface area contributed by atoms with E-state index in [1.807, 2.05) is 0 Å². The summed E-state index contributed by atoms with van der Waals surface area (Å²) in [6, 6.07) is 12.6. The molecule has 1 N–H and O–H groups in total. The van der Waals surface area contributed by atoms with E-state index in [0.717, 1.165) is 30.4 Å². The SMILES string of the molecule is Cc1cc(C)cc(C2(C(=O)NCc3ccc([N+](=O)[O-])cc3)CCC2)c1. The Kier molecular flexibility index (Phi) is 4.57. The normalized spacial score (nSPS) is 15.3. The van der Waals surface area contributed by atoms with Crippen LogP contribution in [0.4, 0.5) is 5.69 Å². The molecule has 0 bridgehead atoms. The molecule has 25 heavy (non-hydrogen) atoms. The standard InChI is InChI=1S/C20H22N2O3/c1-14-10-15(2)12-17(11-14)20(8-3-9-20)19(23)21-13-16-4-6-18(7-5-16)22(24)25/h4-7,10-12H,3,8-9,13H2,1-2H3,(H,21,23). The molecule has 3 rings (SSSR count). The number of nitro groups is 1. The van der Waals surface area contributed by atoms with Crippen LogP contribution in [0.1, 0.15) is 41.5 Å². The predicted octanol–water partition coefficient (Wildman–Crippen LogP) is 3.95. The van der Waals surface area contributed by atoms with Gasteiger partial charge >= 0.3 is 0 Å². The molecule has 0 saturated heterocycles. The van der Waals surface area contributed by atoms with Gasteiger partial charge in [-0.2, -0.15) is 0 Å². The van der Waals surface area contributed by atoms with Crippen LogP contribution >= 0.6 is 0 Å². The largest absolute Gasteiger partial charge is 0.351 e. The van der Waals surface area contributed by atoms with E-state index < -0.39 is 10.3 Å². The number of aryl methyl sites for hydroxylation is 2. The zero-order valence-electron chi connectivity index (χ0n) is 14.5. The van der Waals surface area contributed by atoms with Crippen molar-refractivity contribution in [2.75, 3.05) is 0 Å². The number of nitro benzene ring substituents is 1. The van der Waals surface area contributed by atoms with Crippen LogP contribution in [0, 0.1) is 24.0 Å². The summed E-state index contributed by atoms with van der Waals surface area (Å²) in [6.07, 6.45) is 2.78. The molecule has 1 amide bonds. The van der Waals surface area contributed by atoms with Crippen molar-refractivity contribution in [1.82, 2.24) is 5.32 Å². The Labute approximate surface area is 147 Å². The van der Waals surface area contributed by atoms with Gasteiger partial charge in [-0.25, -0.2) is 0 Å². The number of hydrogen-bond donors (Lipinski definition) is 1. The first-order valence-electron chi connectivity index (χ1n) is 8.51. The third kappa shape index (κ3) is 3.40. The molecule has 1 saturated carbocycles. The summed E-state index contributed by atoms with van der Waals surface area (Å²) in [6.45, 7) is 4.48. The van der Waals surface area contributed by atoms with Crippen molar-refractivity contribution in [1.29, 1.82) is 0 Å². The molecule has 1 fully saturated rings. The molecule has 2 aromatic rings. The van der Waals surface area contributed by atoms with Crippen molar-refractivity contribution < 1.29 is 9.72 Å². The second kappa shape index (κ2) is 6.67. The summed E-state index contributed by atoms with van der Waals surface area (Å²) >= 11 is 0. The molecule has 0 atom stereocenters. The van der Waals surface area contributed by atoms with E-state index in [9.17, 15) is 14.9 Å². The number of rotatable bonds is 5. The molecule has 0 spiro atoms. The van der Waals surface area contributed by atoms with Crippen LogP contribution in [0.3, 0.4) is 0 Å². The van der Waals surface area contributed by atoms with E-state index in [1.165, 1.54) is 23.3 Å². The lowest BCUT2D eigenvalue weighted by Crippen LogP contribution is -2.49.